The van der Waals surface area contributed by atoms with E-state index >= 15 is 0 Å². The average Bonchev–Trinajstić information content (AvgIpc) is 3.06. The van der Waals surface area contributed by atoms with E-state index in [1.54, 1.807) is 24.3 Å². The first-order valence-corrected chi connectivity index (χ1v) is 8.61. The van der Waals surface area contributed by atoms with Crippen molar-refractivity contribution in [1.82, 2.24) is 0 Å². The first-order valence-electron chi connectivity index (χ1n) is 8.61. The van der Waals surface area contributed by atoms with Gasteiger partial charge in [-0.1, -0.05) is 42.0 Å². The van der Waals surface area contributed by atoms with Gasteiger partial charge in [0, 0.05) is 5.57 Å². The molecule has 0 saturated heterocycles. The van der Waals surface area contributed by atoms with Gasteiger partial charge in [0.2, 0.25) is 0 Å². The Hall–Kier alpha value is -3.40. The number of hydrogen-bond acceptors (Lipinski definition) is 3. The monoisotopic (exact) mass is 360 g/mol. The molecule has 0 saturated carbocycles. The molecule has 0 aromatic heterocycles. The Morgan fingerprint density at radius 3 is 2.00 bits per heavy atom. The second kappa shape index (κ2) is 7.08. The average molecular weight is 360 g/mol. The van der Waals surface area contributed by atoms with Crippen molar-refractivity contribution in [1.29, 1.82) is 0 Å². The third-order valence-corrected chi connectivity index (χ3v) is 4.45. The lowest BCUT2D eigenvalue weighted by Gasteiger charge is -2.08. The van der Waals surface area contributed by atoms with Gasteiger partial charge in [-0.05, 0) is 54.4 Å². The molecule has 4 heteroatoms. The summed E-state index contributed by atoms with van der Waals surface area (Å²) in [5.41, 5.74) is 4.38. The van der Waals surface area contributed by atoms with E-state index in [0.29, 0.717) is 17.1 Å². The van der Waals surface area contributed by atoms with Gasteiger partial charge < -0.3 is 9.47 Å². The molecule has 0 radical (unpaired) electrons. The molecule has 0 bridgehead atoms. The van der Waals surface area contributed by atoms with E-state index in [-0.39, 0.29) is 18.4 Å². The number of benzene rings is 3. The Morgan fingerprint density at radius 1 is 0.815 bits per heavy atom. The molecule has 3 aromatic rings. The Kier molecular flexibility index (Phi) is 4.47. The molecule has 0 unspecified atom stereocenters. The molecule has 3 aromatic carbocycles. The molecule has 27 heavy (non-hydrogen) atoms. The maximum Gasteiger partial charge on any atom is 0.339 e. The zero-order valence-electron chi connectivity index (χ0n) is 14.7. The molecular formula is C23H17FO3. The number of aryl methyl sites for hydroxylation is 1. The lowest BCUT2D eigenvalue weighted by molar-refractivity contribution is -0.133. The molecule has 3 nitrogen and oxygen atoms in total. The van der Waals surface area contributed by atoms with Crippen LogP contribution in [0.15, 0.2) is 72.8 Å². The van der Waals surface area contributed by atoms with Crippen molar-refractivity contribution in [3.63, 3.8) is 0 Å². The number of halogens is 1. The maximum absolute atomic E-state index is 13.0. The van der Waals surface area contributed by atoms with Crippen LogP contribution in [0.5, 0.6) is 11.5 Å². The second-order valence-corrected chi connectivity index (χ2v) is 6.38. The van der Waals surface area contributed by atoms with Crippen molar-refractivity contribution in [2.24, 2.45) is 0 Å². The van der Waals surface area contributed by atoms with Gasteiger partial charge in [-0.2, -0.15) is 0 Å². The van der Waals surface area contributed by atoms with Crippen LogP contribution < -0.4 is 4.74 Å². The molecule has 1 aliphatic rings. The molecule has 0 fully saturated rings. The standard InChI is InChI=1S/C23H17FO3/c1-15-2-4-16(5-3-15)21-14-26-23(25)22(21)17-6-10-19(11-7-17)27-20-12-8-18(24)9-13-20/h2-13H,14H2,1H3. The molecule has 0 atom stereocenters. The summed E-state index contributed by atoms with van der Waals surface area (Å²) in [6.45, 7) is 2.29. The Labute approximate surface area is 156 Å². The highest BCUT2D eigenvalue weighted by Crippen LogP contribution is 2.34. The van der Waals surface area contributed by atoms with Crippen LogP contribution in [-0.4, -0.2) is 12.6 Å². The van der Waals surface area contributed by atoms with Gasteiger partial charge in [0.25, 0.3) is 0 Å². The highest BCUT2D eigenvalue weighted by Gasteiger charge is 2.27. The number of rotatable bonds is 4. The van der Waals surface area contributed by atoms with Crippen LogP contribution in [0.1, 0.15) is 16.7 Å². The fraction of sp³-hybridized carbons (Fsp3) is 0.0870. The lowest BCUT2D eigenvalue weighted by atomic mass is 9.96. The van der Waals surface area contributed by atoms with Crippen molar-refractivity contribution in [2.75, 3.05) is 6.61 Å². The van der Waals surface area contributed by atoms with Gasteiger partial charge in [-0.25, -0.2) is 9.18 Å². The van der Waals surface area contributed by atoms with E-state index in [0.717, 1.165) is 22.3 Å². The predicted octanol–water partition coefficient (Wildman–Crippen LogP) is 5.39. The fourth-order valence-corrected chi connectivity index (χ4v) is 3.01. The fourth-order valence-electron chi connectivity index (χ4n) is 3.01. The number of carbonyl (C=O) groups excluding carboxylic acids is 1. The zero-order chi connectivity index (χ0) is 18.8. The minimum absolute atomic E-state index is 0.269. The van der Waals surface area contributed by atoms with Gasteiger partial charge in [-0.3, -0.25) is 0 Å². The zero-order valence-corrected chi connectivity index (χ0v) is 14.7. The summed E-state index contributed by atoms with van der Waals surface area (Å²) in [5.74, 6) is 0.518. The van der Waals surface area contributed by atoms with E-state index in [1.165, 1.54) is 12.1 Å². The Bertz CT molecular complexity index is 1000. The van der Waals surface area contributed by atoms with Crippen LogP contribution in [0.25, 0.3) is 11.1 Å². The SMILES string of the molecule is Cc1ccc(C2=C(c3ccc(Oc4ccc(F)cc4)cc3)C(=O)OC2)cc1. The van der Waals surface area contributed by atoms with Gasteiger partial charge in [-0.15, -0.1) is 0 Å². The minimum Gasteiger partial charge on any atom is -0.457 e. The first kappa shape index (κ1) is 17.0. The highest BCUT2D eigenvalue weighted by molar-refractivity contribution is 6.27. The second-order valence-electron chi connectivity index (χ2n) is 6.38. The summed E-state index contributed by atoms with van der Waals surface area (Å²) in [6.07, 6.45) is 0. The minimum atomic E-state index is -0.322. The summed E-state index contributed by atoms with van der Waals surface area (Å²) in [4.78, 5) is 12.3. The van der Waals surface area contributed by atoms with Gasteiger partial charge >= 0.3 is 5.97 Å². The van der Waals surface area contributed by atoms with Gasteiger partial charge in [0.05, 0.1) is 5.57 Å². The molecular weight excluding hydrogens is 343 g/mol. The van der Waals surface area contributed by atoms with Crippen molar-refractivity contribution in [2.45, 2.75) is 6.92 Å². The first-order chi connectivity index (χ1) is 13.1. The number of hydrogen-bond donors (Lipinski definition) is 0. The molecule has 1 heterocycles. The quantitative estimate of drug-likeness (QED) is 0.585. The molecule has 0 amide bonds. The van der Waals surface area contributed by atoms with Crippen LogP contribution in [-0.2, 0) is 9.53 Å². The lowest BCUT2D eigenvalue weighted by Crippen LogP contribution is -1.98. The third-order valence-electron chi connectivity index (χ3n) is 4.45. The van der Waals surface area contributed by atoms with E-state index in [2.05, 4.69) is 0 Å². The van der Waals surface area contributed by atoms with Gasteiger partial charge in [0.15, 0.2) is 0 Å². The number of carbonyl (C=O) groups is 1. The van der Waals surface area contributed by atoms with Crippen LogP contribution in [0, 0.1) is 12.7 Å². The molecule has 0 aliphatic carbocycles. The summed E-state index contributed by atoms with van der Waals surface area (Å²) in [6, 6.07) is 21.1. The molecule has 134 valence electrons. The van der Waals surface area contributed by atoms with E-state index in [1.807, 2.05) is 43.3 Å². The van der Waals surface area contributed by atoms with Crippen molar-refractivity contribution >= 4 is 17.1 Å². The molecule has 0 spiro atoms. The van der Waals surface area contributed by atoms with Crippen LogP contribution in [0.4, 0.5) is 4.39 Å². The van der Waals surface area contributed by atoms with Crippen LogP contribution in [0.2, 0.25) is 0 Å². The van der Waals surface area contributed by atoms with Crippen LogP contribution in [0.3, 0.4) is 0 Å². The maximum atomic E-state index is 13.0. The van der Waals surface area contributed by atoms with Crippen LogP contribution >= 0.6 is 0 Å². The van der Waals surface area contributed by atoms with E-state index in [9.17, 15) is 9.18 Å². The molecule has 4 rings (SSSR count). The molecule has 0 N–H and O–H groups in total. The predicted molar refractivity (Wildman–Crippen MR) is 102 cm³/mol. The summed E-state index contributed by atoms with van der Waals surface area (Å²) < 4.78 is 24.0. The molecule has 1 aliphatic heterocycles. The van der Waals surface area contributed by atoms with Crippen molar-refractivity contribution in [3.8, 4) is 11.5 Å². The number of ether oxygens (including phenoxy) is 2. The normalized spacial score (nSPS) is 13.6. The van der Waals surface area contributed by atoms with E-state index in [4.69, 9.17) is 9.47 Å². The van der Waals surface area contributed by atoms with E-state index < -0.39 is 0 Å². The topological polar surface area (TPSA) is 35.5 Å². The largest absolute Gasteiger partial charge is 0.457 e. The Balaban J connectivity index is 1.63. The number of esters is 1. The summed E-state index contributed by atoms with van der Waals surface area (Å²) in [7, 11) is 0. The van der Waals surface area contributed by atoms with Gasteiger partial charge in [0.1, 0.15) is 23.9 Å². The Morgan fingerprint density at radius 2 is 1.37 bits per heavy atom. The highest BCUT2D eigenvalue weighted by atomic mass is 19.1. The number of cyclic esters (lactones) is 1. The van der Waals surface area contributed by atoms with Crippen molar-refractivity contribution in [3.05, 3.63) is 95.3 Å². The smallest absolute Gasteiger partial charge is 0.339 e. The summed E-state index contributed by atoms with van der Waals surface area (Å²) >= 11 is 0. The van der Waals surface area contributed by atoms with Crippen molar-refractivity contribution < 1.29 is 18.7 Å². The summed E-state index contributed by atoms with van der Waals surface area (Å²) in [5, 5.41) is 0. The third kappa shape index (κ3) is 3.60.